The Morgan fingerprint density at radius 2 is 1.82 bits per heavy atom. The Labute approximate surface area is 106 Å². The molecule has 0 bridgehead atoms. The molecule has 4 N–H and O–H groups in total. The van der Waals surface area contributed by atoms with Crippen LogP contribution < -0.4 is 21.5 Å². The fourth-order valence-corrected chi connectivity index (χ4v) is 0.751. The van der Waals surface area contributed by atoms with Gasteiger partial charge in [0.05, 0.1) is 0 Å². The highest BCUT2D eigenvalue weighted by Crippen LogP contribution is 2.05. The summed E-state index contributed by atoms with van der Waals surface area (Å²) in [6, 6.07) is 0. The highest BCUT2D eigenvalue weighted by Gasteiger charge is 2.16. The van der Waals surface area contributed by atoms with E-state index in [2.05, 4.69) is 21.5 Å². The third-order valence-electron chi connectivity index (χ3n) is 1.33. The van der Waals surface area contributed by atoms with Crippen molar-refractivity contribution in [1.29, 1.82) is 0 Å². The molecule has 0 unspecified atom stereocenters. The predicted octanol–water partition coefficient (Wildman–Crippen LogP) is -0.364. The van der Waals surface area contributed by atoms with Crippen molar-refractivity contribution in [1.82, 2.24) is 21.5 Å². The number of carbonyl (C=O) groups excluding carboxylic acids is 2. The SMILES string of the molecule is CNC(=S)NNC(=O)CNC(=O)OC(C)(C)C. The topological polar surface area (TPSA) is 91.5 Å². The van der Waals surface area contributed by atoms with Gasteiger partial charge in [-0.3, -0.25) is 15.6 Å². The average Bonchev–Trinajstić information content (AvgIpc) is 2.20. The number of alkyl carbamates (subject to hydrolysis) is 1. The maximum absolute atomic E-state index is 11.2. The molecule has 0 radical (unpaired) electrons. The Bertz CT molecular complexity index is 301. The van der Waals surface area contributed by atoms with Crippen LogP contribution >= 0.6 is 12.2 Å². The standard InChI is InChI=1S/C9H18N4O3S/c1-9(2,3)16-8(15)11-5-6(14)12-13-7(17)10-4/h5H2,1-4H3,(H,11,15)(H,12,14)(H2,10,13,17). The monoisotopic (exact) mass is 262 g/mol. The second-order valence-corrected chi connectivity index (χ2v) is 4.52. The minimum atomic E-state index is -0.649. The lowest BCUT2D eigenvalue weighted by molar-refractivity contribution is -0.120. The summed E-state index contributed by atoms with van der Waals surface area (Å²) < 4.78 is 4.95. The highest BCUT2D eigenvalue weighted by atomic mass is 32.1. The van der Waals surface area contributed by atoms with Gasteiger partial charge in [-0.2, -0.15) is 0 Å². The lowest BCUT2D eigenvalue weighted by Crippen LogP contribution is -2.49. The number of ether oxygens (including phenoxy) is 1. The normalized spacial score (nSPS) is 10.1. The first kappa shape index (κ1) is 15.4. The molecule has 0 aliphatic carbocycles. The summed E-state index contributed by atoms with van der Waals surface area (Å²) in [5.74, 6) is -0.437. The lowest BCUT2D eigenvalue weighted by atomic mass is 10.2. The zero-order valence-corrected chi connectivity index (χ0v) is 11.2. The van der Waals surface area contributed by atoms with Crippen LogP contribution in [0.25, 0.3) is 0 Å². The summed E-state index contributed by atoms with van der Waals surface area (Å²) >= 11 is 4.73. The number of carbonyl (C=O) groups is 2. The molecule has 2 amide bonds. The van der Waals surface area contributed by atoms with E-state index in [4.69, 9.17) is 17.0 Å². The molecule has 0 aromatic heterocycles. The van der Waals surface area contributed by atoms with E-state index >= 15 is 0 Å². The van der Waals surface area contributed by atoms with E-state index < -0.39 is 17.6 Å². The molecule has 0 aliphatic rings. The van der Waals surface area contributed by atoms with Crippen molar-refractivity contribution >= 4 is 29.3 Å². The number of nitrogens with one attached hydrogen (secondary N) is 4. The first-order chi connectivity index (χ1) is 7.74. The van der Waals surface area contributed by atoms with Gasteiger partial charge >= 0.3 is 6.09 Å². The molecule has 0 rings (SSSR count). The van der Waals surface area contributed by atoms with Crippen LogP contribution in [0.2, 0.25) is 0 Å². The number of hydrogen-bond donors (Lipinski definition) is 4. The van der Waals surface area contributed by atoms with Crippen LogP contribution in [0, 0.1) is 0 Å². The van der Waals surface area contributed by atoms with Crippen LogP contribution in [0.3, 0.4) is 0 Å². The van der Waals surface area contributed by atoms with Crippen LogP contribution in [-0.4, -0.2) is 36.3 Å². The number of hydrazine groups is 1. The van der Waals surface area contributed by atoms with Crippen LogP contribution in [0.15, 0.2) is 0 Å². The molecule has 0 aromatic rings. The summed E-state index contributed by atoms with van der Waals surface area (Å²) in [6.07, 6.45) is -0.649. The largest absolute Gasteiger partial charge is 0.444 e. The molecule has 0 saturated carbocycles. The van der Waals surface area contributed by atoms with Gasteiger partial charge in [-0.05, 0) is 33.0 Å². The molecule has 0 heterocycles. The smallest absolute Gasteiger partial charge is 0.408 e. The van der Waals surface area contributed by atoms with Crippen molar-refractivity contribution in [2.75, 3.05) is 13.6 Å². The maximum atomic E-state index is 11.2. The van der Waals surface area contributed by atoms with Crippen molar-refractivity contribution in [3.8, 4) is 0 Å². The molecule has 8 heteroatoms. The van der Waals surface area contributed by atoms with E-state index in [9.17, 15) is 9.59 Å². The van der Waals surface area contributed by atoms with E-state index in [1.807, 2.05) is 0 Å². The van der Waals surface area contributed by atoms with E-state index in [0.717, 1.165) is 0 Å². The van der Waals surface area contributed by atoms with Gasteiger partial charge in [-0.15, -0.1) is 0 Å². The Balaban J connectivity index is 3.77. The third kappa shape index (κ3) is 9.36. The van der Waals surface area contributed by atoms with Gasteiger partial charge in [0, 0.05) is 7.05 Å². The number of thiocarbonyl (C=S) groups is 1. The molecule has 0 fully saturated rings. The van der Waals surface area contributed by atoms with Crippen LogP contribution in [0.1, 0.15) is 20.8 Å². The second-order valence-electron chi connectivity index (χ2n) is 4.11. The Hall–Kier alpha value is -1.57. The Morgan fingerprint density at radius 3 is 2.29 bits per heavy atom. The van der Waals surface area contributed by atoms with E-state index in [1.54, 1.807) is 27.8 Å². The molecule has 98 valence electrons. The minimum absolute atomic E-state index is 0.200. The van der Waals surface area contributed by atoms with E-state index in [0.29, 0.717) is 0 Å². The zero-order valence-electron chi connectivity index (χ0n) is 10.3. The molecule has 0 aromatic carbocycles. The summed E-state index contributed by atoms with van der Waals surface area (Å²) in [5.41, 5.74) is 4.13. The van der Waals surface area contributed by atoms with Crippen molar-refractivity contribution in [2.45, 2.75) is 26.4 Å². The van der Waals surface area contributed by atoms with Crippen molar-refractivity contribution in [3.05, 3.63) is 0 Å². The number of rotatable bonds is 2. The molecule has 17 heavy (non-hydrogen) atoms. The van der Waals surface area contributed by atoms with Gasteiger partial charge < -0.3 is 15.4 Å². The maximum Gasteiger partial charge on any atom is 0.408 e. The summed E-state index contributed by atoms with van der Waals surface area (Å²) in [7, 11) is 1.61. The fraction of sp³-hybridized carbons (Fsp3) is 0.667. The van der Waals surface area contributed by atoms with Gasteiger partial charge in [0.1, 0.15) is 12.1 Å². The molecule has 7 nitrogen and oxygen atoms in total. The van der Waals surface area contributed by atoms with E-state index in [1.165, 1.54) is 0 Å². The molecular formula is C9H18N4O3S. The number of amides is 2. The molecule has 0 spiro atoms. The van der Waals surface area contributed by atoms with Gasteiger partial charge in [0.25, 0.3) is 5.91 Å². The molecule has 0 saturated heterocycles. The van der Waals surface area contributed by atoms with Crippen molar-refractivity contribution in [2.24, 2.45) is 0 Å². The average molecular weight is 262 g/mol. The van der Waals surface area contributed by atoms with Gasteiger partial charge in [-0.25, -0.2) is 4.79 Å². The van der Waals surface area contributed by atoms with Crippen molar-refractivity contribution in [3.63, 3.8) is 0 Å². The van der Waals surface area contributed by atoms with Gasteiger partial charge in [0.2, 0.25) is 0 Å². The molecule has 0 atom stereocenters. The summed E-state index contributed by atoms with van der Waals surface area (Å²) in [4.78, 5) is 22.4. The first-order valence-corrected chi connectivity index (χ1v) is 5.39. The minimum Gasteiger partial charge on any atom is -0.444 e. The first-order valence-electron chi connectivity index (χ1n) is 4.98. The number of hydrogen-bond acceptors (Lipinski definition) is 4. The summed E-state index contributed by atoms with van der Waals surface area (Å²) in [6.45, 7) is 5.01. The van der Waals surface area contributed by atoms with Crippen LogP contribution in [-0.2, 0) is 9.53 Å². The van der Waals surface area contributed by atoms with Crippen molar-refractivity contribution < 1.29 is 14.3 Å². The predicted molar refractivity (Wildman–Crippen MR) is 67.2 cm³/mol. The lowest BCUT2D eigenvalue weighted by Gasteiger charge is -2.19. The summed E-state index contributed by atoms with van der Waals surface area (Å²) in [5, 5.41) is 5.19. The zero-order chi connectivity index (χ0) is 13.5. The Morgan fingerprint density at radius 1 is 1.24 bits per heavy atom. The van der Waals surface area contributed by atoms with Gasteiger partial charge in [0.15, 0.2) is 5.11 Å². The second kappa shape index (κ2) is 6.89. The van der Waals surface area contributed by atoms with Crippen LogP contribution in [0.4, 0.5) is 4.79 Å². The van der Waals surface area contributed by atoms with Crippen LogP contribution in [0.5, 0.6) is 0 Å². The van der Waals surface area contributed by atoms with Gasteiger partial charge in [-0.1, -0.05) is 0 Å². The highest BCUT2D eigenvalue weighted by molar-refractivity contribution is 7.80. The fourth-order valence-electron chi connectivity index (χ4n) is 0.700. The van der Waals surface area contributed by atoms with E-state index in [-0.39, 0.29) is 11.7 Å². The molecule has 0 aliphatic heterocycles. The molecular weight excluding hydrogens is 244 g/mol. The quantitative estimate of drug-likeness (QED) is 0.401. The Kier molecular flexibility index (Phi) is 6.26. The third-order valence-corrected chi connectivity index (χ3v) is 1.64.